The fourth-order valence-corrected chi connectivity index (χ4v) is 2.00. The fraction of sp³-hybridized carbons (Fsp3) is 0.167. The van der Waals surface area contributed by atoms with E-state index in [2.05, 4.69) is 38.9 Å². The summed E-state index contributed by atoms with van der Waals surface area (Å²) >= 11 is 3.27. The van der Waals surface area contributed by atoms with Gasteiger partial charge < -0.3 is 4.98 Å². The van der Waals surface area contributed by atoms with E-state index in [1.165, 1.54) is 5.56 Å². The summed E-state index contributed by atoms with van der Waals surface area (Å²) in [5.74, 6) is 0.723. The quantitative estimate of drug-likeness (QED) is 0.868. The number of nitrogens with one attached hydrogen (secondary N) is 1. The van der Waals surface area contributed by atoms with Crippen molar-refractivity contribution in [1.29, 1.82) is 5.26 Å². The van der Waals surface area contributed by atoms with E-state index in [1.807, 2.05) is 25.1 Å². The monoisotopic (exact) mass is 275 g/mol. The summed E-state index contributed by atoms with van der Waals surface area (Å²) in [6, 6.07) is 8.17. The van der Waals surface area contributed by atoms with Crippen molar-refractivity contribution in [2.45, 2.75) is 13.8 Å². The van der Waals surface area contributed by atoms with Gasteiger partial charge in [-0.1, -0.05) is 23.8 Å². The SMILES string of the molecule is Cc1ccc(-c2nc(C#N)c(Br)[nH]2)c(C)c1. The van der Waals surface area contributed by atoms with Gasteiger partial charge in [-0.2, -0.15) is 5.26 Å². The van der Waals surface area contributed by atoms with Crippen LogP contribution in [0, 0.1) is 25.2 Å². The first-order valence-electron chi connectivity index (χ1n) is 4.85. The van der Waals surface area contributed by atoms with Crippen molar-refractivity contribution < 1.29 is 0 Å². The van der Waals surface area contributed by atoms with Crippen LogP contribution < -0.4 is 0 Å². The molecule has 0 fully saturated rings. The van der Waals surface area contributed by atoms with Crippen molar-refractivity contribution in [2.24, 2.45) is 0 Å². The van der Waals surface area contributed by atoms with Crippen molar-refractivity contribution in [3.05, 3.63) is 39.6 Å². The highest BCUT2D eigenvalue weighted by atomic mass is 79.9. The third-order valence-corrected chi connectivity index (χ3v) is 2.98. The maximum atomic E-state index is 8.83. The average molecular weight is 276 g/mol. The third kappa shape index (κ3) is 1.86. The van der Waals surface area contributed by atoms with Crippen LogP contribution in [0.3, 0.4) is 0 Å². The van der Waals surface area contributed by atoms with Crippen molar-refractivity contribution in [3.8, 4) is 17.5 Å². The Morgan fingerprint density at radius 1 is 1.38 bits per heavy atom. The average Bonchev–Trinajstić information content (AvgIpc) is 2.59. The number of halogens is 1. The van der Waals surface area contributed by atoms with E-state index >= 15 is 0 Å². The van der Waals surface area contributed by atoms with Crippen LogP contribution in [0.15, 0.2) is 22.8 Å². The molecule has 0 spiro atoms. The molecule has 1 aromatic carbocycles. The van der Waals surface area contributed by atoms with E-state index < -0.39 is 0 Å². The summed E-state index contributed by atoms with van der Waals surface area (Å²) in [4.78, 5) is 7.28. The van der Waals surface area contributed by atoms with E-state index in [0.717, 1.165) is 17.0 Å². The molecule has 0 saturated carbocycles. The normalized spacial score (nSPS) is 10.1. The maximum absolute atomic E-state index is 8.83. The molecule has 1 heterocycles. The van der Waals surface area contributed by atoms with Gasteiger partial charge in [-0.15, -0.1) is 0 Å². The first kappa shape index (κ1) is 10.9. The Balaban J connectivity index is 2.55. The number of aromatic nitrogens is 2. The van der Waals surface area contributed by atoms with Gasteiger partial charge in [0.1, 0.15) is 16.5 Å². The minimum Gasteiger partial charge on any atom is -0.332 e. The summed E-state index contributed by atoms with van der Waals surface area (Å²) in [6.45, 7) is 4.08. The first-order chi connectivity index (χ1) is 7.61. The Bertz CT molecular complexity index is 578. The zero-order chi connectivity index (χ0) is 11.7. The molecule has 16 heavy (non-hydrogen) atoms. The van der Waals surface area contributed by atoms with Crippen LogP contribution in [0.5, 0.6) is 0 Å². The Morgan fingerprint density at radius 2 is 2.12 bits per heavy atom. The van der Waals surface area contributed by atoms with Crippen LogP contribution in [0.2, 0.25) is 0 Å². The number of aryl methyl sites for hydroxylation is 2. The molecule has 0 bridgehead atoms. The van der Waals surface area contributed by atoms with E-state index in [1.54, 1.807) is 0 Å². The molecule has 80 valence electrons. The lowest BCUT2D eigenvalue weighted by Gasteiger charge is -2.03. The molecule has 0 aliphatic carbocycles. The van der Waals surface area contributed by atoms with E-state index in [-0.39, 0.29) is 0 Å². The molecular weight excluding hydrogens is 266 g/mol. The van der Waals surface area contributed by atoms with Crippen LogP contribution in [-0.4, -0.2) is 9.97 Å². The standard InChI is InChI=1S/C12H10BrN3/c1-7-3-4-9(8(2)5-7)12-15-10(6-14)11(13)16-12/h3-5H,1-2H3,(H,15,16). The number of hydrogen-bond acceptors (Lipinski definition) is 2. The van der Waals surface area contributed by atoms with Crippen LogP contribution in [-0.2, 0) is 0 Å². The van der Waals surface area contributed by atoms with Crippen LogP contribution in [0.25, 0.3) is 11.4 Å². The number of hydrogen-bond donors (Lipinski definition) is 1. The molecule has 0 unspecified atom stereocenters. The second kappa shape index (κ2) is 4.11. The number of nitriles is 1. The van der Waals surface area contributed by atoms with Gasteiger partial charge in [0.2, 0.25) is 0 Å². The number of imidazole rings is 1. The summed E-state index contributed by atoms with van der Waals surface area (Å²) in [5.41, 5.74) is 3.76. The highest BCUT2D eigenvalue weighted by Crippen LogP contribution is 2.24. The molecular formula is C12H10BrN3. The Morgan fingerprint density at radius 3 is 2.69 bits per heavy atom. The molecule has 1 N–H and O–H groups in total. The molecule has 2 aromatic rings. The lowest BCUT2D eigenvalue weighted by Crippen LogP contribution is -1.86. The summed E-state index contributed by atoms with van der Waals surface area (Å²) in [6.07, 6.45) is 0. The van der Waals surface area contributed by atoms with Gasteiger partial charge in [0.15, 0.2) is 5.69 Å². The molecule has 0 saturated heterocycles. The fourth-order valence-electron chi connectivity index (χ4n) is 1.63. The number of benzene rings is 1. The topological polar surface area (TPSA) is 52.5 Å². The number of nitrogens with zero attached hydrogens (tertiary/aromatic N) is 2. The minimum atomic E-state index is 0.384. The smallest absolute Gasteiger partial charge is 0.173 e. The Hall–Kier alpha value is -1.60. The largest absolute Gasteiger partial charge is 0.332 e. The van der Waals surface area contributed by atoms with Gasteiger partial charge in [-0.05, 0) is 35.3 Å². The predicted octanol–water partition coefficient (Wildman–Crippen LogP) is 3.33. The Labute approximate surface area is 102 Å². The van der Waals surface area contributed by atoms with Gasteiger partial charge in [0, 0.05) is 5.56 Å². The molecule has 0 aliphatic rings. The second-order valence-corrected chi connectivity index (χ2v) is 4.47. The summed E-state index contributed by atoms with van der Waals surface area (Å²) < 4.78 is 0.630. The van der Waals surface area contributed by atoms with Crippen molar-refractivity contribution in [1.82, 2.24) is 9.97 Å². The highest BCUT2D eigenvalue weighted by Gasteiger charge is 2.10. The van der Waals surface area contributed by atoms with Gasteiger partial charge in [0.25, 0.3) is 0 Å². The van der Waals surface area contributed by atoms with Gasteiger partial charge in [0.05, 0.1) is 0 Å². The predicted molar refractivity (Wildman–Crippen MR) is 65.9 cm³/mol. The van der Waals surface area contributed by atoms with Gasteiger partial charge in [-0.3, -0.25) is 0 Å². The maximum Gasteiger partial charge on any atom is 0.173 e. The van der Waals surface area contributed by atoms with Gasteiger partial charge >= 0.3 is 0 Å². The minimum absolute atomic E-state index is 0.384. The zero-order valence-corrected chi connectivity index (χ0v) is 10.6. The van der Waals surface area contributed by atoms with Crippen LogP contribution in [0.1, 0.15) is 16.8 Å². The molecule has 2 rings (SSSR count). The molecule has 0 amide bonds. The van der Waals surface area contributed by atoms with E-state index in [9.17, 15) is 0 Å². The van der Waals surface area contributed by atoms with E-state index in [0.29, 0.717) is 10.3 Å². The van der Waals surface area contributed by atoms with Crippen molar-refractivity contribution >= 4 is 15.9 Å². The molecule has 0 radical (unpaired) electrons. The lowest BCUT2D eigenvalue weighted by atomic mass is 10.1. The Kier molecular flexibility index (Phi) is 2.80. The van der Waals surface area contributed by atoms with Crippen LogP contribution >= 0.6 is 15.9 Å². The van der Waals surface area contributed by atoms with E-state index in [4.69, 9.17) is 5.26 Å². The molecule has 3 nitrogen and oxygen atoms in total. The number of aromatic amines is 1. The molecule has 0 aliphatic heterocycles. The third-order valence-electron chi connectivity index (χ3n) is 2.40. The first-order valence-corrected chi connectivity index (χ1v) is 5.64. The van der Waals surface area contributed by atoms with Crippen molar-refractivity contribution in [2.75, 3.05) is 0 Å². The van der Waals surface area contributed by atoms with Crippen molar-refractivity contribution in [3.63, 3.8) is 0 Å². The lowest BCUT2D eigenvalue weighted by molar-refractivity contribution is 1.26. The number of H-pyrrole nitrogens is 1. The summed E-state index contributed by atoms with van der Waals surface area (Å²) in [5, 5.41) is 8.83. The second-order valence-electron chi connectivity index (χ2n) is 3.68. The molecule has 0 atom stereocenters. The summed E-state index contributed by atoms with van der Waals surface area (Å²) in [7, 11) is 0. The molecule has 4 heteroatoms. The highest BCUT2D eigenvalue weighted by molar-refractivity contribution is 9.10. The number of rotatable bonds is 1. The van der Waals surface area contributed by atoms with Crippen LogP contribution in [0.4, 0.5) is 0 Å². The van der Waals surface area contributed by atoms with Gasteiger partial charge in [-0.25, -0.2) is 4.98 Å². The zero-order valence-electron chi connectivity index (χ0n) is 9.00. The molecule has 1 aromatic heterocycles.